The highest BCUT2D eigenvalue weighted by Gasteiger charge is 2.35. The number of carbonyl (C=O) groups is 2. The first-order valence-corrected chi connectivity index (χ1v) is 12.2. The zero-order valence-corrected chi connectivity index (χ0v) is 19.7. The Morgan fingerprint density at radius 3 is 2.85 bits per heavy atom. The van der Waals surface area contributed by atoms with Crippen LogP contribution in [0.15, 0.2) is 62.7 Å². The van der Waals surface area contributed by atoms with E-state index in [2.05, 4.69) is 39.1 Å². The van der Waals surface area contributed by atoms with Crippen LogP contribution in [-0.2, 0) is 16.0 Å². The molecule has 1 atom stereocenters. The molecule has 0 aliphatic carbocycles. The molecule has 9 nitrogen and oxygen atoms in total. The number of para-hydroxylation sites is 1. The number of benzene rings is 1. The van der Waals surface area contributed by atoms with Crippen molar-refractivity contribution in [3.63, 3.8) is 0 Å². The Balaban J connectivity index is 1.53. The lowest BCUT2D eigenvalue weighted by Gasteiger charge is -2.27. The molecule has 1 aliphatic rings. The molecule has 172 valence electrons. The molecular formula is C22H23N5O4S2. The maximum Gasteiger partial charge on any atom is 0.338 e. The maximum absolute atomic E-state index is 12.7. The minimum Gasteiger partial charge on any atom is -0.467 e. The van der Waals surface area contributed by atoms with Gasteiger partial charge in [-0.1, -0.05) is 48.2 Å². The van der Waals surface area contributed by atoms with Crippen molar-refractivity contribution >= 4 is 45.9 Å². The van der Waals surface area contributed by atoms with E-state index in [0.29, 0.717) is 32.3 Å². The average molecular weight is 486 g/mol. The largest absolute Gasteiger partial charge is 0.467 e. The zero-order valence-electron chi connectivity index (χ0n) is 18.1. The highest BCUT2D eigenvalue weighted by Crippen LogP contribution is 2.33. The second kappa shape index (κ2) is 10.5. The Labute approximate surface area is 199 Å². The van der Waals surface area contributed by atoms with Crippen LogP contribution < -0.4 is 16.0 Å². The van der Waals surface area contributed by atoms with E-state index in [1.54, 1.807) is 19.1 Å². The Bertz CT molecular complexity index is 1160. The number of amides is 2. The van der Waals surface area contributed by atoms with E-state index in [9.17, 15) is 9.59 Å². The number of nitrogens with zero attached hydrogens (tertiary/aromatic N) is 2. The quantitative estimate of drug-likeness (QED) is 0.301. The lowest BCUT2D eigenvalue weighted by atomic mass is 10.0. The van der Waals surface area contributed by atoms with E-state index >= 15 is 0 Å². The number of hydrogen-bond acceptors (Lipinski definition) is 9. The van der Waals surface area contributed by atoms with Crippen LogP contribution >= 0.6 is 23.1 Å². The molecule has 1 aliphatic heterocycles. The molecule has 4 rings (SSSR count). The number of carbonyl (C=O) groups excluding carboxylic acids is 2. The number of anilines is 2. The van der Waals surface area contributed by atoms with Gasteiger partial charge >= 0.3 is 12.0 Å². The lowest BCUT2D eigenvalue weighted by Crippen LogP contribution is -2.46. The van der Waals surface area contributed by atoms with E-state index in [0.717, 1.165) is 12.1 Å². The molecule has 0 saturated carbocycles. The molecule has 2 amide bonds. The Hall–Kier alpha value is -3.31. The topological polar surface area (TPSA) is 118 Å². The normalized spacial score (nSPS) is 15.7. The molecule has 3 aromatic rings. The van der Waals surface area contributed by atoms with Gasteiger partial charge in [-0.05, 0) is 37.1 Å². The SMILES string of the molecule is CCOC(=O)C1=C(CSc2nnc(Nc3ccccc3CC)s2)NC(=O)N[C@@H]1c1ccco1. The van der Waals surface area contributed by atoms with E-state index in [1.807, 2.05) is 18.2 Å². The van der Waals surface area contributed by atoms with Gasteiger partial charge in [0.2, 0.25) is 5.13 Å². The van der Waals surface area contributed by atoms with Gasteiger partial charge < -0.3 is 25.1 Å². The molecule has 11 heteroatoms. The van der Waals surface area contributed by atoms with E-state index in [-0.39, 0.29) is 6.61 Å². The van der Waals surface area contributed by atoms with E-state index in [1.165, 1.54) is 34.9 Å². The summed E-state index contributed by atoms with van der Waals surface area (Å²) in [5.74, 6) is 0.240. The fourth-order valence-corrected chi connectivity index (χ4v) is 5.10. The average Bonchev–Trinajstić information content (AvgIpc) is 3.50. The molecule has 0 unspecified atom stereocenters. The molecule has 0 saturated heterocycles. The molecule has 3 N–H and O–H groups in total. The molecule has 2 aromatic heterocycles. The predicted molar refractivity (Wildman–Crippen MR) is 127 cm³/mol. The maximum atomic E-state index is 12.7. The number of aromatic nitrogens is 2. The predicted octanol–water partition coefficient (Wildman–Crippen LogP) is 4.40. The van der Waals surface area contributed by atoms with Gasteiger partial charge in [-0.15, -0.1) is 10.2 Å². The number of nitrogens with one attached hydrogen (secondary N) is 3. The summed E-state index contributed by atoms with van der Waals surface area (Å²) in [6.45, 7) is 4.04. The van der Waals surface area contributed by atoms with Crippen LogP contribution in [0.1, 0.15) is 31.2 Å². The Kier molecular flexibility index (Phi) is 7.30. The number of aryl methyl sites for hydroxylation is 1. The van der Waals surface area contributed by atoms with Gasteiger partial charge in [0.15, 0.2) is 4.34 Å². The van der Waals surface area contributed by atoms with Crippen LogP contribution in [0.4, 0.5) is 15.6 Å². The summed E-state index contributed by atoms with van der Waals surface area (Å²) in [6.07, 6.45) is 2.39. The summed E-state index contributed by atoms with van der Waals surface area (Å²) in [7, 11) is 0. The molecule has 0 bridgehead atoms. The van der Waals surface area contributed by atoms with Gasteiger partial charge in [-0.25, -0.2) is 9.59 Å². The standard InChI is InChI=1S/C22H23N5O4S2/c1-3-13-8-5-6-9-14(13)24-21-26-27-22(33-21)32-12-15-17(19(28)30-4-2)18(25-20(29)23-15)16-10-7-11-31-16/h5-11,18H,3-4,12H2,1-2H3,(H,24,26)(H2,23,25,29)/t18-/m1/s1. The molecule has 3 heterocycles. The Morgan fingerprint density at radius 2 is 2.09 bits per heavy atom. The second-order valence-corrected chi connectivity index (χ2v) is 9.16. The van der Waals surface area contributed by atoms with Crippen LogP contribution in [0, 0.1) is 0 Å². The molecule has 1 aromatic carbocycles. The van der Waals surface area contributed by atoms with E-state index in [4.69, 9.17) is 9.15 Å². The van der Waals surface area contributed by atoms with Gasteiger partial charge in [0.1, 0.15) is 11.8 Å². The van der Waals surface area contributed by atoms with Crippen LogP contribution in [0.25, 0.3) is 0 Å². The summed E-state index contributed by atoms with van der Waals surface area (Å²) in [4.78, 5) is 25.0. The van der Waals surface area contributed by atoms with Crippen molar-refractivity contribution in [2.45, 2.75) is 30.6 Å². The van der Waals surface area contributed by atoms with Gasteiger partial charge in [0.05, 0.1) is 18.4 Å². The van der Waals surface area contributed by atoms with Crippen molar-refractivity contribution in [1.29, 1.82) is 0 Å². The minimum absolute atomic E-state index is 0.215. The van der Waals surface area contributed by atoms with Gasteiger partial charge in [0.25, 0.3) is 0 Å². The first-order chi connectivity index (χ1) is 16.1. The van der Waals surface area contributed by atoms with Crippen molar-refractivity contribution < 1.29 is 18.7 Å². The number of furan rings is 1. The highest BCUT2D eigenvalue weighted by molar-refractivity contribution is 8.01. The number of rotatable bonds is 9. The van der Waals surface area contributed by atoms with Crippen LogP contribution in [0.3, 0.4) is 0 Å². The fraction of sp³-hybridized carbons (Fsp3) is 0.273. The summed E-state index contributed by atoms with van der Waals surface area (Å²) in [6, 6.07) is 10.3. The number of esters is 1. The lowest BCUT2D eigenvalue weighted by molar-refractivity contribution is -0.139. The first-order valence-electron chi connectivity index (χ1n) is 10.4. The monoisotopic (exact) mass is 485 g/mol. The second-order valence-electron chi connectivity index (χ2n) is 6.96. The first kappa shape index (κ1) is 22.9. The van der Waals surface area contributed by atoms with Crippen LogP contribution in [0.5, 0.6) is 0 Å². The summed E-state index contributed by atoms with van der Waals surface area (Å²) < 4.78 is 11.4. The smallest absolute Gasteiger partial charge is 0.338 e. The van der Waals surface area contributed by atoms with Crippen molar-refractivity contribution in [1.82, 2.24) is 20.8 Å². The summed E-state index contributed by atoms with van der Waals surface area (Å²) >= 11 is 2.77. The van der Waals surface area contributed by atoms with Crippen molar-refractivity contribution in [3.05, 3.63) is 65.3 Å². The van der Waals surface area contributed by atoms with Gasteiger partial charge in [-0.2, -0.15) is 0 Å². The molecule has 33 heavy (non-hydrogen) atoms. The number of hydrogen-bond donors (Lipinski definition) is 3. The molecular weight excluding hydrogens is 462 g/mol. The third-order valence-corrected chi connectivity index (χ3v) is 6.86. The third-order valence-electron chi connectivity index (χ3n) is 4.86. The van der Waals surface area contributed by atoms with Crippen molar-refractivity contribution in [2.24, 2.45) is 0 Å². The van der Waals surface area contributed by atoms with E-state index < -0.39 is 18.0 Å². The van der Waals surface area contributed by atoms with Crippen LogP contribution in [0.2, 0.25) is 0 Å². The van der Waals surface area contributed by atoms with Gasteiger partial charge in [0, 0.05) is 17.1 Å². The molecule has 0 fully saturated rings. The third kappa shape index (κ3) is 5.37. The Morgan fingerprint density at radius 1 is 1.24 bits per heavy atom. The van der Waals surface area contributed by atoms with Crippen LogP contribution in [-0.4, -0.2) is 34.6 Å². The minimum atomic E-state index is -0.736. The van der Waals surface area contributed by atoms with Crippen molar-refractivity contribution in [2.75, 3.05) is 17.7 Å². The van der Waals surface area contributed by atoms with Gasteiger partial charge in [-0.3, -0.25) is 0 Å². The number of ether oxygens (including phenoxy) is 1. The molecule has 0 spiro atoms. The summed E-state index contributed by atoms with van der Waals surface area (Å²) in [5.41, 5.74) is 2.93. The summed E-state index contributed by atoms with van der Waals surface area (Å²) in [5, 5.41) is 17.9. The highest BCUT2D eigenvalue weighted by atomic mass is 32.2. The zero-order chi connectivity index (χ0) is 23.2. The van der Waals surface area contributed by atoms with Crippen molar-refractivity contribution in [3.8, 4) is 0 Å². The number of thioether (sulfide) groups is 1. The molecule has 0 radical (unpaired) electrons. The number of urea groups is 1. The fourth-order valence-electron chi connectivity index (χ4n) is 3.37.